The first kappa shape index (κ1) is 18.7. The summed E-state index contributed by atoms with van der Waals surface area (Å²) in [6.45, 7) is 2.28. The average Bonchev–Trinajstić information content (AvgIpc) is 2.50. The molecule has 0 fully saturated rings. The molecule has 0 aliphatic heterocycles. The number of unbranched alkanes of at least 4 members (excludes halogenated alkanes) is 7. The summed E-state index contributed by atoms with van der Waals surface area (Å²) in [6, 6.07) is 9.34. The summed E-state index contributed by atoms with van der Waals surface area (Å²) < 4.78 is 1.16. The minimum Gasteiger partial charge on any atom is -0.317 e. The molecule has 1 rings (SSSR count). The fraction of sp³-hybridized carbons (Fsp3) is 0.684. The Hall–Kier alpha value is -0.340. The van der Waals surface area contributed by atoms with E-state index in [0.717, 1.165) is 10.9 Å². The van der Waals surface area contributed by atoms with Gasteiger partial charge in [-0.3, -0.25) is 0 Å². The number of likely N-dealkylation sites (N-methyl/N-ethyl adjacent to an activating group) is 1. The highest BCUT2D eigenvalue weighted by Crippen LogP contribution is 2.15. The van der Waals surface area contributed by atoms with Crippen LogP contribution in [0.1, 0.15) is 70.3 Å². The van der Waals surface area contributed by atoms with Crippen LogP contribution >= 0.6 is 15.9 Å². The molecule has 0 aliphatic rings. The van der Waals surface area contributed by atoms with E-state index < -0.39 is 0 Å². The van der Waals surface area contributed by atoms with Crippen LogP contribution in [0.15, 0.2) is 28.7 Å². The molecular formula is C19H32BrN. The van der Waals surface area contributed by atoms with Crippen LogP contribution in [0.2, 0.25) is 0 Å². The van der Waals surface area contributed by atoms with Crippen molar-refractivity contribution in [1.29, 1.82) is 0 Å². The smallest absolute Gasteiger partial charge is 0.0175 e. The van der Waals surface area contributed by atoms with Crippen LogP contribution in [0, 0.1) is 0 Å². The van der Waals surface area contributed by atoms with Gasteiger partial charge in [-0.25, -0.2) is 0 Å². The maximum Gasteiger partial charge on any atom is 0.0175 e. The predicted molar refractivity (Wildman–Crippen MR) is 97.9 cm³/mol. The number of hydrogen-bond donors (Lipinski definition) is 1. The highest BCUT2D eigenvalue weighted by atomic mass is 79.9. The van der Waals surface area contributed by atoms with E-state index in [9.17, 15) is 0 Å². The molecule has 2 heteroatoms. The van der Waals surface area contributed by atoms with Crippen LogP contribution < -0.4 is 5.32 Å². The minimum absolute atomic E-state index is 0.617. The highest BCUT2D eigenvalue weighted by molar-refractivity contribution is 9.10. The molecule has 1 N–H and O–H groups in total. The molecule has 1 aromatic rings. The van der Waals surface area contributed by atoms with Gasteiger partial charge in [-0.2, -0.15) is 0 Å². The standard InChI is InChI=1S/C19H32BrN/c1-3-4-5-6-7-8-9-10-11-19(21-2)16-17-12-14-18(20)15-13-17/h12-15,19,21H,3-11,16H2,1-2H3. The van der Waals surface area contributed by atoms with Gasteiger partial charge in [0.05, 0.1) is 0 Å². The maximum absolute atomic E-state index is 3.49. The SMILES string of the molecule is CCCCCCCCCCC(Cc1ccc(Br)cc1)NC. The second-order valence-electron chi connectivity index (χ2n) is 6.08. The summed E-state index contributed by atoms with van der Waals surface area (Å²) in [5, 5.41) is 3.47. The molecule has 0 radical (unpaired) electrons. The molecule has 0 saturated carbocycles. The van der Waals surface area contributed by atoms with Gasteiger partial charge in [-0.1, -0.05) is 86.4 Å². The second kappa shape index (κ2) is 12.2. The molecule has 0 aliphatic carbocycles. The van der Waals surface area contributed by atoms with Gasteiger partial charge >= 0.3 is 0 Å². The van der Waals surface area contributed by atoms with Crippen molar-refractivity contribution in [2.24, 2.45) is 0 Å². The molecule has 1 atom stereocenters. The van der Waals surface area contributed by atoms with E-state index in [-0.39, 0.29) is 0 Å². The maximum atomic E-state index is 3.49. The van der Waals surface area contributed by atoms with Gasteiger partial charge in [-0.15, -0.1) is 0 Å². The Morgan fingerprint density at radius 3 is 2.05 bits per heavy atom. The third-order valence-electron chi connectivity index (χ3n) is 4.21. The van der Waals surface area contributed by atoms with E-state index in [0.29, 0.717) is 6.04 Å². The Morgan fingerprint density at radius 2 is 1.48 bits per heavy atom. The molecule has 0 aromatic heterocycles. The van der Waals surface area contributed by atoms with Gasteiger partial charge < -0.3 is 5.32 Å². The van der Waals surface area contributed by atoms with Crippen LogP contribution in [-0.4, -0.2) is 13.1 Å². The summed E-state index contributed by atoms with van der Waals surface area (Å²) in [4.78, 5) is 0. The Morgan fingerprint density at radius 1 is 0.905 bits per heavy atom. The monoisotopic (exact) mass is 353 g/mol. The average molecular weight is 354 g/mol. The van der Waals surface area contributed by atoms with Crippen LogP contribution in [0.5, 0.6) is 0 Å². The first-order valence-corrected chi connectivity index (χ1v) is 9.47. The molecule has 0 spiro atoms. The van der Waals surface area contributed by atoms with E-state index in [1.165, 1.54) is 63.4 Å². The lowest BCUT2D eigenvalue weighted by Crippen LogP contribution is -2.27. The molecular weight excluding hydrogens is 322 g/mol. The fourth-order valence-corrected chi connectivity index (χ4v) is 3.04. The molecule has 120 valence electrons. The van der Waals surface area contributed by atoms with Crippen molar-refractivity contribution >= 4 is 15.9 Å². The third kappa shape index (κ3) is 9.31. The van der Waals surface area contributed by atoms with Gasteiger partial charge in [0.25, 0.3) is 0 Å². The predicted octanol–water partition coefficient (Wildman–Crippen LogP) is 6.11. The number of hydrogen-bond acceptors (Lipinski definition) is 1. The first-order chi connectivity index (χ1) is 10.3. The summed E-state index contributed by atoms with van der Waals surface area (Å²) in [5.74, 6) is 0. The number of nitrogens with one attached hydrogen (secondary N) is 1. The Balaban J connectivity index is 2.09. The summed E-state index contributed by atoms with van der Waals surface area (Å²) in [6.07, 6.45) is 13.6. The topological polar surface area (TPSA) is 12.0 Å². The van der Waals surface area contributed by atoms with Crippen molar-refractivity contribution < 1.29 is 0 Å². The van der Waals surface area contributed by atoms with Gasteiger partial charge in [-0.05, 0) is 37.6 Å². The zero-order chi connectivity index (χ0) is 15.3. The lowest BCUT2D eigenvalue weighted by molar-refractivity contribution is 0.477. The molecule has 21 heavy (non-hydrogen) atoms. The van der Waals surface area contributed by atoms with Gasteiger partial charge in [0, 0.05) is 10.5 Å². The summed E-state index contributed by atoms with van der Waals surface area (Å²) in [7, 11) is 2.09. The van der Waals surface area contributed by atoms with Crippen molar-refractivity contribution in [3.05, 3.63) is 34.3 Å². The molecule has 0 amide bonds. The molecule has 0 heterocycles. The fourth-order valence-electron chi connectivity index (χ4n) is 2.78. The van der Waals surface area contributed by atoms with E-state index in [4.69, 9.17) is 0 Å². The molecule has 0 saturated heterocycles. The van der Waals surface area contributed by atoms with Gasteiger partial charge in [0.15, 0.2) is 0 Å². The third-order valence-corrected chi connectivity index (χ3v) is 4.74. The second-order valence-corrected chi connectivity index (χ2v) is 7.00. The Bertz CT molecular complexity index is 347. The molecule has 1 nitrogen and oxygen atoms in total. The zero-order valence-corrected chi connectivity index (χ0v) is 15.4. The number of rotatable bonds is 12. The van der Waals surface area contributed by atoms with E-state index in [1.807, 2.05) is 0 Å². The highest BCUT2D eigenvalue weighted by Gasteiger charge is 2.07. The number of halogens is 1. The van der Waals surface area contributed by atoms with Crippen LogP contribution in [0.4, 0.5) is 0 Å². The largest absolute Gasteiger partial charge is 0.317 e. The van der Waals surface area contributed by atoms with Crippen molar-refractivity contribution in [2.45, 2.75) is 77.2 Å². The first-order valence-electron chi connectivity index (χ1n) is 8.68. The Kier molecular flexibility index (Phi) is 10.9. The van der Waals surface area contributed by atoms with Crippen molar-refractivity contribution in [3.63, 3.8) is 0 Å². The zero-order valence-electron chi connectivity index (χ0n) is 13.8. The summed E-state index contributed by atoms with van der Waals surface area (Å²) in [5.41, 5.74) is 1.43. The van der Waals surface area contributed by atoms with Crippen molar-refractivity contribution in [3.8, 4) is 0 Å². The van der Waals surface area contributed by atoms with Crippen LogP contribution in [-0.2, 0) is 6.42 Å². The lowest BCUT2D eigenvalue weighted by Gasteiger charge is -2.16. The van der Waals surface area contributed by atoms with Crippen LogP contribution in [0.25, 0.3) is 0 Å². The summed E-state index contributed by atoms with van der Waals surface area (Å²) >= 11 is 3.49. The normalized spacial score (nSPS) is 12.5. The molecule has 1 unspecified atom stereocenters. The molecule has 0 bridgehead atoms. The van der Waals surface area contributed by atoms with Gasteiger partial charge in [0.2, 0.25) is 0 Å². The van der Waals surface area contributed by atoms with Crippen LogP contribution in [0.3, 0.4) is 0 Å². The lowest BCUT2D eigenvalue weighted by atomic mass is 9.99. The number of benzene rings is 1. The van der Waals surface area contributed by atoms with Crippen molar-refractivity contribution in [2.75, 3.05) is 7.05 Å². The quantitative estimate of drug-likeness (QED) is 0.447. The van der Waals surface area contributed by atoms with Gasteiger partial charge in [0.1, 0.15) is 0 Å². The van der Waals surface area contributed by atoms with E-state index in [2.05, 4.69) is 59.5 Å². The van der Waals surface area contributed by atoms with E-state index in [1.54, 1.807) is 0 Å². The Labute approximate surface area is 140 Å². The van der Waals surface area contributed by atoms with Crippen molar-refractivity contribution in [1.82, 2.24) is 5.32 Å². The van der Waals surface area contributed by atoms with E-state index >= 15 is 0 Å². The molecule has 1 aromatic carbocycles. The minimum atomic E-state index is 0.617.